The number of aryl methyl sites for hydroxylation is 2. The number of fused-ring (bicyclic) bond motifs is 2. The highest BCUT2D eigenvalue weighted by molar-refractivity contribution is 5.78. The van der Waals surface area contributed by atoms with E-state index in [1.165, 1.54) is 0 Å². The average molecular weight is 328 g/mol. The van der Waals surface area contributed by atoms with Crippen LogP contribution in [-0.4, -0.2) is 20.3 Å². The van der Waals surface area contributed by atoms with Crippen molar-refractivity contribution in [2.75, 3.05) is 0 Å². The van der Waals surface area contributed by atoms with Crippen LogP contribution in [0.5, 0.6) is 0 Å². The molecule has 128 valence electrons. The highest BCUT2D eigenvalue weighted by Gasteiger charge is 2.01. The first-order valence-corrected chi connectivity index (χ1v) is 8.07. The van der Waals surface area contributed by atoms with Gasteiger partial charge in [-0.1, -0.05) is 38.0 Å². The van der Waals surface area contributed by atoms with Crippen molar-refractivity contribution in [3.05, 3.63) is 48.4 Å². The molecule has 0 amide bonds. The fraction of sp³-hybridized carbons (Fsp3) is 0.333. The molecule has 4 heterocycles. The van der Waals surface area contributed by atoms with Crippen LogP contribution in [0.3, 0.4) is 0 Å². The van der Waals surface area contributed by atoms with Crippen molar-refractivity contribution < 1.29 is 9.05 Å². The van der Waals surface area contributed by atoms with Crippen LogP contribution in [0, 0.1) is 13.8 Å². The van der Waals surface area contributed by atoms with Gasteiger partial charge >= 0.3 is 0 Å². The molecular weight excluding hydrogens is 304 g/mol. The zero-order valence-electron chi connectivity index (χ0n) is 15.1. The van der Waals surface area contributed by atoms with Gasteiger partial charge in [-0.3, -0.25) is 9.97 Å². The van der Waals surface area contributed by atoms with Gasteiger partial charge in [0.05, 0.1) is 17.3 Å². The van der Waals surface area contributed by atoms with Gasteiger partial charge in [-0.05, 0) is 19.9 Å². The lowest BCUT2D eigenvalue weighted by Gasteiger charge is -1.81. The molecule has 0 saturated carbocycles. The number of rotatable bonds is 0. The predicted octanol–water partition coefficient (Wildman–Crippen LogP) is 5.11. The molecule has 0 bridgehead atoms. The second-order valence-corrected chi connectivity index (χ2v) is 4.27. The molecular formula is C18H24N4O2. The van der Waals surface area contributed by atoms with Crippen molar-refractivity contribution in [2.24, 2.45) is 0 Å². The van der Waals surface area contributed by atoms with E-state index in [1.807, 2.05) is 47.6 Å². The lowest BCUT2D eigenvalue weighted by Crippen LogP contribution is -1.70. The largest absolute Gasteiger partial charge is 0.360 e. The summed E-state index contributed by atoms with van der Waals surface area (Å²) in [4.78, 5) is 7.85. The van der Waals surface area contributed by atoms with E-state index in [0.29, 0.717) is 0 Å². The van der Waals surface area contributed by atoms with E-state index in [-0.39, 0.29) is 0 Å². The second kappa shape index (κ2) is 10.1. The minimum atomic E-state index is 0.799. The molecule has 4 aromatic heterocycles. The summed E-state index contributed by atoms with van der Waals surface area (Å²) in [6.45, 7) is 11.8. The summed E-state index contributed by atoms with van der Waals surface area (Å²) in [7, 11) is 0. The SMILES string of the molecule is CC.CC.Cc1noc2ccncc12.Cc1onc2cnccc12. The number of aromatic nitrogens is 4. The highest BCUT2D eigenvalue weighted by Crippen LogP contribution is 2.15. The molecule has 0 aliphatic heterocycles. The molecule has 0 atom stereocenters. The lowest BCUT2D eigenvalue weighted by molar-refractivity contribution is 0.405. The van der Waals surface area contributed by atoms with Gasteiger partial charge in [-0.15, -0.1) is 0 Å². The smallest absolute Gasteiger partial charge is 0.170 e. The molecule has 0 aliphatic rings. The average Bonchev–Trinajstić information content (AvgIpc) is 3.23. The van der Waals surface area contributed by atoms with Crippen molar-refractivity contribution in [1.29, 1.82) is 0 Å². The van der Waals surface area contributed by atoms with E-state index in [4.69, 9.17) is 9.05 Å². The van der Waals surface area contributed by atoms with Crippen LogP contribution in [-0.2, 0) is 0 Å². The normalized spacial score (nSPS) is 9.25. The van der Waals surface area contributed by atoms with E-state index in [1.54, 1.807) is 30.9 Å². The zero-order chi connectivity index (χ0) is 17.9. The number of nitrogens with zero attached hydrogens (tertiary/aromatic N) is 4. The predicted molar refractivity (Wildman–Crippen MR) is 95.8 cm³/mol. The van der Waals surface area contributed by atoms with Gasteiger partial charge in [-0.25, -0.2) is 0 Å². The van der Waals surface area contributed by atoms with Crippen molar-refractivity contribution in [3.63, 3.8) is 0 Å². The Balaban J connectivity index is 0.000000199. The molecule has 0 spiro atoms. The zero-order valence-corrected chi connectivity index (χ0v) is 15.1. The summed E-state index contributed by atoms with van der Waals surface area (Å²) in [5.74, 6) is 0.845. The number of pyridine rings is 2. The molecule has 4 rings (SSSR count). The molecule has 0 fully saturated rings. The van der Waals surface area contributed by atoms with Gasteiger partial charge in [0.15, 0.2) is 5.58 Å². The van der Waals surface area contributed by atoms with E-state index in [2.05, 4.69) is 20.3 Å². The summed E-state index contributed by atoms with van der Waals surface area (Å²) < 4.78 is 9.88. The molecule has 0 aromatic carbocycles. The molecule has 0 aliphatic carbocycles. The highest BCUT2D eigenvalue weighted by atomic mass is 16.5. The van der Waals surface area contributed by atoms with Crippen molar-refractivity contribution in [2.45, 2.75) is 41.5 Å². The van der Waals surface area contributed by atoms with Crippen LogP contribution in [0.4, 0.5) is 0 Å². The minimum Gasteiger partial charge on any atom is -0.360 e. The van der Waals surface area contributed by atoms with Gasteiger partial charge in [-0.2, -0.15) is 0 Å². The topological polar surface area (TPSA) is 77.8 Å². The molecule has 4 aromatic rings. The second-order valence-electron chi connectivity index (χ2n) is 4.27. The third-order valence-corrected chi connectivity index (χ3v) is 2.91. The Bertz CT molecular complexity index is 780. The maximum Gasteiger partial charge on any atom is 0.170 e. The van der Waals surface area contributed by atoms with Gasteiger partial charge in [0, 0.05) is 30.0 Å². The summed E-state index contributed by atoms with van der Waals surface area (Å²) in [5.41, 5.74) is 2.51. The van der Waals surface area contributed by atoms with Gasteiger partial charge in [0.25, 0.3) is 0 Å². The summed E-state index contributed by atoms with van der Waals surface area (Å²) >= 11 is 0. The maximum absolute atomic E-state index is 4.96. The Labute approximate surface area is 141 Å². The fourth-order valence-electron chi connectivity index (χ4n) is 1.82. The van der Waals surface area contributed by atoms with Crippen molar-refractivity contribution in [1.82, 2.24) is 20.3 Å². The Morgan fingerprint density at radius 3 is 2.08 bits per heavy atom. The van der Waals surface area contributed by atoms with E-state index < -0.39 is 0 Å². The van der Waals surface area contributed by atoms with Crippen LogP contribution in [0.1, 0.15) is 39.1 Å². The first kappa shape index (κ1) is 19.3. The Morgan fingerprint density at radius 2 is 1.42 bits per heavy atom. The number of hydrogen-bond acceptors (Lipinski definition) is 6. The van der Waals surface area contributed by atoms with Crippen LogP contribution in [0.2, 0.25) is 0 Å². The minimum absolute atomic E-state index is 0.799. The van der Waals surface area contributed by atoms with Crippen LogP contribution in [0.25, 0.3) is 21.9 Å². The number of hydrogen-bond donors (Lipinski definition) is 0. The summed E-state index contributed by atoms with van der Waals surface area (Å²) in [6, 6.07) is 3.69. The first-order chi connectivity index (χ1) is 11.8. The molecule has 6 heteroatoms. The van der Waals surface area contributed by atoms with Crippen molar-refractivity contribution >= 4 is 21.9 Å². The first-order valence-electron chi connectivity index (χ1n) is 8.07. The lowest BCUT2D eigenvalue weighted by atomic mass is 10.3. The summed E-state index contributed by atoms with van der Waals surface area (Å²) in [5, 5.41) is 9.59. The fourth-order valence-corrected chi connectivity index (χ4v) is 1.82. The van der Waals surface area contributed by atoms with Crippen LogP contribution >= 0.6 is 0 Å². The molecule has 0 N–H and O–H groups in total. The third kappa shape index (κ3) is 4.62. The van der Waals surface area contributed by atoms with Crippen molar-refractivity contribution in [3.8, 4) is 0 Å². The van der Waals surface area contributed by atoms with Gasteiger partial charge in [0.1, 0.15) is 11.3 Å². The van der Waals surface area contributed by atoms with E-state index >= 15 is 0 Å². The van der Waals surface area contributed by atoms with Gasteiger partial charge in [0.2, 0.25) is 0 Å². The Morgan fingerprint density at radius 1 is 0.750 bits per heavy atom. The summed E-state index contributed by atoms with van der Waals surface area (Å²) in [6.07, 6.45) is 6.85. The van der Waals surface area contributed by atoms with Crippen LogP contribution in [0.15, 0.2) is 46.0 Å². The molecule has 0 radical (unpaired) electrons. The Kier molecular flexibility index (Phi) is 8.11. The standard InChI is InChI=1S/2C7H6N2O.2C2H6/c1-5-6-4-8-3-2-7(6)10-9-5;1-5-6-2-3-8-4-7(6)9-10-5;2*1-2/h2*2-4H,1H3;2*1-2H3. The maximum atomic E-state index is 4.96. The Hall–Kier alpha value is -2.76. The monoisotopic (exact) mass is 328 g/mol. The molecule has 0 saturated heterocycles. The molecule has 6 nitrogen and oxygen atoms in total. The molecule has 0 unspecified atom stereocenters. The van der Waals surface area contributed by atoms with Crippen LogP contribution < -0.4 is 0 Å². The van der Waals surface area contributed by atoms with E-state index in [0.717, 1.165) is 33.3 Å². The molecule has 24 heavy (non-hydrogen) atoms. The van der Waals surface area contributed by atoms with Gasteiger partial charge < -0.3 is 9.05 Å². The van der Waals surface area contributed by atoms with E-state index in [9.17, 15) is 0 Å². The quantitative estimate of drug-likeness (QED) is 0.446. The third-order valence-electron chi connectivity index (χ3n) is 2.91.